The van der Waals surface area contributed by atoms with Gasteiger partial charge in [0.25, 0.3) is 0 Å². The lowest BCUT2D eigenvalue weighted by Gasteiger charge is -2.18. The third-order valence-electron chi connectivity index (χ3n) is 4.06. The first-order chi connectivity index (χ1) is 13.9. The lowest BCUT2D eigenvalue weighted by atomic mass is 10.1. The molecule has 1 heterocycles. The summed E-state index contributed by atoms with van der Waals surface area (Å²) in [4.78, 5) is 11.0. The van der Waals surface area contributed by atoms with Crippen molar-refractivity contribution >= 4 is 27.7 Å². The van der Waals surface area contributed by atoms with E-state index in [1.54, 1.807) is 29.7 Å². The molecule has 0 aliphatic carbocycles. The van der Waals surface area contributed by atoms with Crippen molar-refractivity contribution in [2.75, 3.05) is 13.2 Å². The largest absolute Gasteiger partial charge is 0.494 e. The lowest BCUT2D eigenvalue weighted by molar-refractivity contribution is -0.479. The molecule has 0 aliphatic rings. The minimum Gasteiger partial charge on any atom is -0.494 e. The van der Waals surface area contributed by atoms with E-state index in [1.165, 1.54) is 23.9 Å². The molecule has 1 atom stereocenters. The van der Waals surface area contributed by atoms with Gasteiger partial charge >= 0.3 is 0 Å². The van der Waals surface area contributed by atoms with Crippen LogP contribution in [0.1, 0.15) is 23.6 Å². The zero-order valence-electron chi connectivity index (χ0n) is 15.7. The van der Waals surface area contributed by atoms with E-state index >= 15 is 0 Å². The van der Waals surface area contributed by atoms with Crippen LogP contribution in [0.3, 0.4) is 0 Å². The topological polar surface area (TPSA) is 83.1 Å². The van der Waals surface area contributed by atoms with Crippen LogP contribution in [-0.4, -0.2) is 32.8 Å². The Bertz CT molecular complexity index is 1010. The standard InChI is InChI=1S/C19H18BrFN4O3S/c1-3-28-17-9-4-13(20)10-16(17)18(11-24(26)27)29-19-23-22-12(2)25(19)15-7-5-14(21)6-8-15/h4-10,18H,3,11H2,1-2H3/t18-/m1/s1. The molecule has 2 aromatic carbocycles. The van der Waals surface area contributed by atoms with E-state index < -0.39 is 5.25 Å². The number of halogens is 2. The Labute approximate surface area is 179 Å². The van der Waals surface area contributed by atoms with Gasteiger partial charge in [0.05, 0.1) is 6.61 Å². The fourth-order valence-electron chi connectivity index (χ4n) is 2.83. The Balaban J connectivity index is 2.02. The van der Waals surface area contributed by atoms with Crippen molar-refractivity contribution in [2.24, 2.45) is 0 Å². The first-order valence-corrected chi connectivity index (χ1v) is 10.4. The van der Waals surface area contributed by atoms with E-state index in [2.05, 4.69) is 26.1 Å². The molecule has 0 N–H and O–H groups in total. The molecule has 0 radical (unpaired) electrons. The number of hydrogen-bond donors (Lipinski definition) is 0. The van der Waals surface area contributed by atoms with Crippen molar-refractivity contribution in [2.45, 2.75) is 24.3 Å². The quantitative estimate of drug-likeness (QED) is 0.256. The predicted molar refractivity (Wildman–Crippen MR) is 112 cm³/mol. The van der Waals surface area contributed by atoms with Crippen molar-refractivity contribution in [3.63, 3.8) is 0 Å². The van der Waals surface area contributed by atoms with Gasteiger partial charge in [0.2, 0.25) is 6.54 Å². The van der Waals surface area contributed by atoms with Crippen molar-refractivity contribution in [3.05, 3.63) is 74.3 Å². The number of hydrogen-bond acceptors (Lipinski definition) is 6. The van der Waals surface area contributed by atoms with Crippen molar-refractivity contribution in [3.8, 4) is 11.4 Å². The van der Waals surface area contributed by atoms with Crippen molar-refractivity contribution < 1.29 is 14.1 Å². The third-order valence-corrected chi connectivity index (χ3v) is 5.72. The van der Waals surface area contributed by atoms with E-state index in [9.17, 15) is 14.5 Å². The zero-order valence-corrected chi connectivity index (χ0v) is 18.1. The van der Waals surface area contributed by atoms with Crippen molar-refractivity contribution in [1.29, 1.82) is 0 Å². The van der Waals surface area contributed by atoms with Gasteiger partial charge in [0.1, 0.15) is 22.6 Å². The summed E-state index contributed by atoms with van der Waals surface area (Å²) in [5.41, 5.74) is 1.37. The number of aromatic nitrogens is 3. The number of ether oxygens (including phenoxy) is 1. The Morgan fingerprint density at radius 2 is 2.00 bits per heavy atom. The fourth-order valence-corrected chi connectivity index (χ4v) is 4.40. The maximum Gasteiger partial charge on any atom is 0.220 e. The minimum absolute atomic E-state index is 0.323. The van der Waals surface area contributed by atoms with E-state index in [4.69, 9.17) is 4.74 Å². The molecule has 7 nitrogen and oxygen atoms in total. The summed E-state index contributed by atoms with van der Waals surface area (Å²) >= 11 is 4.64. The SMILES string of the molecule is CCOc1ccc(Br)cc1[C@@H](C[N+](=O)[O-])Sc1nnc(C)n1-c1ccc(F)cc1. The van der Waals surface area contributed by atoms with Crippen LogP contribution in [0.15, 0.2) is 52.1 Å². The molecular formula is C19H18BrFN4O3S. The normalized spacial score (nSPS) is 12.0. The Morgan fingerprint density at radius 3 is 2.66 bits per heavy atom. The number of benzene rings is 2. The van der Waals surface area contributed by atoms with Gasteiger partial charge in [-0.3, -0.25) is 14.7 Å². The molecule has 0 bridgehead atoms. The number of nitrogens with zero attached hydrogens (tertiary/aromatic N) is 4. The maximum absolute atomic E-state index is 13.3. The summed E-state index contributed by atoms with van der Waals surface area (Å²) in [5.74, 6) is 0.827. The first-order valence-electron chi connectivity index (χ1n) is 8.77. The summed E-state index contributed by atoms with van der Waals surface area (Å²) in [5, 5.41) is 19.6. The molecule has 0 amide bonds. The van der Waals surface area contributed by atoms with Gasteiger partial charge < -0.3 is 4.74 Å². The van der Waals surface area contributed by atoms with E-state index in [-0.39, 0.29) is 17.3 Å². The molecule has 0 fully saturated rings. The number of thioether (sulfide) groups is 1. The highest BCUT2D eigenvalue weighted by atomic mass is 79.9. The monoisotopic (exact) mass is 480 g/mol. The van der Waals surface area contributed by atoms with Crippen LogP contribution in [0.25, 0.3) is 5.69 Å². The molecule has 0 aliphatic heterocycles. The molecular weight excluding hydrogens is 463 g/mol. The summed E-state index contributed by atoms with van der Waals surface area (Å²) in [6.07, 6.45) is 0. The number of rotatable bonds is 8. The lowest BCUT2D eigenvalue weighted by Crippen LogP contribution is -2.12. The van der Waals surface area contributed by atoms with Crippen LogP contribution >= 0.6 is 27.7 Å². The molecule has 152 valence electrons. The summed E-state index contributed by atoms with van der Waals surface area (Å²) < 4.78 is 21.5. The van der Waals surface area contributed by atoms with E-state index in [0.29, 0.717) is 34.6 Å². The second-order valence-electron chi connectivity index (χ2n) is 6.08. The smallest absolute Gasteiger partial charge is 0.220 e. The van der Waals surface area contributed by atoms with E-state index in [1.807, 2.05) is 19.1 Å². The highest BCUT2D eigenvalue weighted by molar-refractivity contribution is 9.10. The average Bonchev–Trinajstić information content (AvgIpc) is 3.03. The molecule has 29 heavy (non-hydrogen) atoms. The summed E-state index contributed by atoms with van der Waals surface area (Å²) in [6.45, 7) is 3.75. The molecule has 10 heteroatoms. The van der Waals surface area contributed by atoms with Crippen LogP contribution in [0, 0.1) is 22.9 Å². The maximum atomic E-state index is 13.3. The van der Waals surface area contributed by atoms with E-state index in [0.717, 1.165) is 4.47 Å². The van der Waals surface area contributed by atoms with Gasteiger partial charge in [-0.25, -0.2) is 4.39 Å². The number of aryl methyl sites for hydroxylation is 1. The molecule has 0 saturated heterocycles. The van der Waals surface area contributed by atoms with Gasteiger partial charge in [0, 0.05) is 20.6 Å². The second-order valence-corrected chi connectivity index (χ2v) is 8.16. The van der Waals surface area contributed by atoms with Crippen LogP contribution in [0.5, 0.6) is 5.75 Å². The van der Waals surface area contributed by atoms with Gasteiger partial charge in [-0.2, -0.15) is 0 Å². The first kappa shape index (κ1) is 21.3. The molecule has 0 saturated carbocycles. The van der Waals surface area contributed by atoms with Crippen LogP contribution in [0.2, 0.25) is 0 Å². The van der Waals surface area contributed by atoms with Gasteiger partial charge in [-0.15, -0.1) is 10.2 Å². The third kappa shape index (κ3) is 5.13. The highest BCUT2D eigenvalue weighted by Gasteiger charge is 2.26. The highest BCUT2D eigenvalue weighted by Crippen LogP contribution is 2.41. The number of nitro groups is 1. The summed E-state index contributed by atoms with van der Waals surface area (Å²) in [7, 11) is 0. The molecule has 1 aromatic heterocycles. The molecule has 0 unspecified atom stereocenters. The van der Waals surface area contributed by atoms with Crippen LogP contribution in [0.4, 0.5) is 4.39 Å². The fraction of sp³-hybridized carbons (Fsp3) is 0.263. The molecule has 3 rings (SSSR count). The Morgan fingerprint density at radius 1 is 1.28 bits per heavy atom. The molecule has 3 aromatic rings. The predicted octanol–water partition coefficient (Wildman–Crippen LogP) is 4.99. The van der Waals surface area contributed by atoms with Crippen LogP contribution < -0.4 is 4.74 Å². The average molecular weight is 481 g/mol. The zero-order chi connectivity index (χ0) is 21.0. The van der Waals surface area contributed by atoms with Gasteiger partial charge in [0.15, 0.2) is 5.16 Å². The van der Waals surface area contributed by atoms with Gasteiger partial charge in [-0.05, 0) is 56.3 Å². The molecule has 0 spiro atoms. The van der Waals surface area contributed by atoms with Crippen LogP contribution in [-0.2, 0) is 0 Å². The Kier molecular flexibility index (Phi) is 6.86. The second kappa shape index (κ2) is 9.36. The Hall–Kier alpha value is -2.46. The van der Waals surface area contributed by atoms with Gasteiger partial charge in [-0.1, -0.05) is 27.7 Å². The minimum atomic E-state index is -0.563. The van der Waals surface area contributed by atoms with Crippen molar-refractivity contribution in [1.82, 2.24) is 14.8 Å². The summed E-state index contributed by atoms with van der Waals surface area (Å²) in [6, 6.07) is 11.3.